The lowest BCUT2D eigenvalue weighted by Gasteiger charge is -2.08. The van der Waals surface area contributed by atoms with E-state index in [1.807, 2.05) is 0 Å². The maximum Gasteiger partial charge on any atom is 0.337 e. The molecule has 1 fully saturated rings. The molecule has 0 aliphatic heterocycles. The molecule has 2 aromatic rings. The summed E-state index contributed by atoms with van der Waals surface area (Å²) in [6, 6.07) is 9.48. The van der Waals surface area contributed by atoms with Crippen LogP contribution in [-0.4, -0.2) is 35.3 Å². The van der Waals surface area contributed by atoms with Crippen LogP contribution in [0.15, 0.2) is 41.2 Å². The quantitative estimate of drug-likeness (QED) is 0.801. The van der Waals surface area contributed by atoms with Gasteiger partial charge in [-0.25, -0.2) is 9.48 Å². The number of carbonyl (C=O) groups is 2. The predicted molar refractivity (Wildman–Crippen MR) is 90.6 cm³/mol. The summed E-state index contributed by atoms with van der Waals surface area (Å²) in [6.07, 6.45) is 2.23. The standard InChI is InChI=1S/C18H19N3O4/c1-25-18(24)14-6-4-13(5-7-14)17(23)19-10-11-21-16(22)9-8-15(20-21)12-2-3-12/h4-9,12H,2-3,10-11H2,1H3,(H,19,23). The molecule has 3 rings (SSSR count). The molecule has 25 heavy (non-hydrogen) atoms. The third-order valence-corrected chi connectivity index (χ3v) is 4.06. The van der Waals surface area contributed by atoms with Crippen LogP contribution in [0.1, 0.15) is 45.2 Å². The summed E-state index contributed by atoms with van der Waals surface area (Å²) in [4.78, 5) is 35.3. The summed E-state index contributed by atoms with van der Waals surface area (Å²) >= 11 is 0. The molecule has 1 aliphatic carbocycles. The summed E-state index contributed by atoms with van der Waals surface area (Å²) in [7, 11) is 1.30. The Kier molecular flexibility index (Phi) is 4.92. The molecule has 1 aromatic carbocycles. The average molecular weight is 341 g/mol. The molecule has 1 heterocycles. The van der Waals surface area contributed by atoms with Crippen LogP contribution >= 0.6 is 0 Å². The zero-order chi connectivity index (χ0) is 17.8. The number of hydrogen-bond acceptors (Lipinski definition) is 5. The lowest BCUT2D eigenvalue weighted by molar-refractivity contribution is 0.0600. The van der Waals surface area contributed by atoms with E-state index in [9.17, 15) is 14.4 Å². The molecule has 0 unspecified atom stereocenters. The monoisotopic (exact) mass is 341 g/mol. The largest absolute Gasteiger partial charge is 0.465 e. The molecule has 0 radical (unpaired) electrons. The summed E-state index contributed by atoms with van der Waals surface area (Å²) in [5, 5.41) is 7.09. The number of benzene rings is 1. The number of ether oxygens (including phenoxy) is 1. The Labute approximate surface area is 144 Å². The normalized spacial score (nSPS) is 13.3. The van der Waals surface area contributed by atoms with Gasteiger partial charge in [-0.2, -0.15) is 5.10 Å². The molecule has 1 saturated carbocycles. The zero-order valence-corrected chi connectivity index (χ0v) is 13.9. The van der Waals surface area contributed by atoms with E-state index in [1.54, 1.807) is 18.2 Å². The van der Waals surface area contributed by atoms with E-state index in [4.69, 9.17) is 0 Å². The molecule has 0 bridgehead atoms. The minimum absolute atomic E-state index is 0.180. The topological polar surface area (TPSA) is 90.3 Å². The molecule has 7 nitrogen and oxygen atoms in total. The number of nitrogens with zero attached hydrogens (tertiary/aromatic N) is 2. The van der Waals surface area contributed by atoms with Crippen LogP contribution in [-0.2, 0) is 11.3 Å². The molecule has 0 saturated heterocycles. The van der Waals surface area contributed by atoms with E-state index in [0.717, 1.165) is 18.5 Å². The third-order valence-electron chi connectivity index (χ3n) is 4.06. The van der Waals surface area contributed by atoms with E-state index in [-0.39, 0.29) is 11.5 Å². The highest BCUT2D eigenvalue weighted by molar-refractivity contribution is 5.96. The fourth-order valence-electron chi connectivity index (χ4n) is 2.47. The Morgan fingerprint density at radius 1 is 1.16 bits per heavy atom. The fraction of sp³-hybridized carbons (Fsp3) is 0.333. The maximum absolute atomic E-state index is 12.1. The molecule has 1 amide bonds. The highest BCUT2D eigenvalue weighted by atomic mass is 16.5. The number of nitrogens with one attached hydrogen (secondary N) is 1. The Balaban J connectivity index is 1.56. The second-order valence-electron chi connectivity index (χ2n) is 5.92. The summed E-state index contributed by atoms with van der Waals surface area (Å²) in [5.74, 6) is -0.259. The van der Waals surface area contributed by atoms with Crippen molar-refractivity contribution < 1.29 is 14.3 Å². The Morgan fingerprint density at radius 2 is 1.84 bits per heavy atom. The lowest BCUT2D eigenvalue weighted by atomic mass is 10.1. The van der Waals surface area contributed by atoms with Crippen LogP contribution in [0.3, 0.4) is 0 Å². The first kappa shape index (κ1) is 16.9. The van der Waals surface area contributed by atoms with Gasteiger partial charge >= 0.3 is 5.97 Å². The van der Waals surface area contributed by atoms with Gasteiger partial charge in [0.15, 0.2) is 0 Å². The highest BCUT2D eigenvalue weighted by Crippen LogP contribution is 2.38. The van der Waals surface area contributed by atoms with Gasteiger partial charge in [-0.1, -0.05) is 0 Å². The Morgan fingerprint density at radius 3 is 2.48 bits per heavy atom. The number of rotatable bonds is 6. The van der Waals surface area contributed by atoms with Gasteiger partial charge in [0.05, 0.1) is 24.9 Å². The first-order valence-electron chi connectivity index (χ1n) is 8.13. The summed E-state index contributed by atoms with van der Waals surface area (Å²) in [6.45, 7) is 0.601. The SMILES string of the molecule is COC(=O)c1ccc(C(=O)NCCn2nc(C3CC3)ccc2=O)cc1. The molecule has 1 aliphatic rings. The van der Waals surface area contributed by atoms with Crippen molar-refractivity contribution in [3.05, 3.63) is 63.6 Å². The van der Waals surface area contributed by atoms with Crippen molar-refractivity contribution in [3.8, 4) is 0 Å². The maximum atomic E-state index is 12.1. The van der Waals surface area contributed by atoms with Gasteiger partial charge in [0.25, 0.3) is 11.5 Å². The van der Waals surface area contributed by atoms with E-state index in [0.29, 0.717) is 30.1 Å². The fourth-order valence-corrected chi connectivity index (χ4v) is 2.47. The van der Waals surface area contributed by atoms with Crippen molar-refractivity contribution in [2.24, 2.45) is 0 Å². The lowest BCUT2D eigenvalue weighted by Crippen LogP contribution is -2.32. The van der Waals surface area contributed by atoms with Crippen molar-refractivity contribution in [1.82, 2.24) is 15.1 Å². The van der Waals surface area contributed by atoms with Crippen LogP contribution in [0.5, 0.6) is 0 Å². The minimum Gasteiger partial charge on any atom is -0.465 e. The van der Waals surface area contributed by atoms with Crippen molar-refractivity contribution >= 4 is 11.9 Å². The number of carbonyl (C=O) groups excluding carboxylic acids is 2. The molecular weight excluding hydrogens is 322 g/mol. The summed E-state index contributed by atoms with van der Waals surface area (Å²) in [5.41, 5.74) is 1.57. The smallest absolute Gasteiger partial charge is 0.337 e. The second kappa shape index (κ2) is 7.29. The van der Waals surface area contributed by atoms with Crippen LogP contribution < -0.4 is 10.9 Å². The van der Waals surface area contributed by atoms with Gasteiger partial charge in [-0.05, 0) is 43.2 Å². The number of amides is 1. The Bertz CT molecular complexity index is 838. The highest BCUT2D eigenvalue weighted by Gasteiger charge is 2.25. The van der Waals surface area contributed by atoms with Gasteiger partial charge in [0.1, 0.15) is 0 Å². The van der Waals surface area contributed by atoms with E-state index in [2.05, 4.69) is 15.2 Å². The number of methoxy groups -OCH3 is 1. The van der Waals surface area contributed by atoms with E-state index >= 15 is 0 Å². The van der Waals surface area contributed by atoms with Crippen LogP contribution in [0.2, 0.25) is 0 Å². The van der Waals surface area contributed by atoms with E-state index < -0.39 is 5.97 Å². The van der Waals surface area contributed by atoms with E-state index in [1.165, 1.54) is 30.0 Å². The first-order chi connectivity index (χ1) is 12.1. The molecular formula is C18H19N3O4. The van der Waals surface area contributed by atoms with Crippen LogP contribution in [0.4, 0.5) is 0 Å². The molecule has 130 valence electrons. The number of aromatic nitrogens is 2. The van der Waals surface area contributed by atoms with Crippen molar-refractivity contribution in [1.29, 1.82) is 0 Å². The predicted octanol–water partition coefficient (Wildman–Crippen LogP) is 1.34. The van der Waals surface area contributed by atoms with Crippen molar-refractivity contribution in [2.45, 2.75) is 25.3 Å². The second-order valence-corrected chi connectivity index (χ2v) is 5.92. The van der Waals surface area contributed by atoms with Crippen molar-refractivity contribution in [3.63, 3.8) is 0 Å². The zero-order valence-electron chi connectivity index (χ0n) is 13.9. The Hall–Kier alpha value is -2.96. The van der Waals surface area contributed by atoms with Gasteiger partial charge in [-0.3, -0.25) is 9.59 Å². The first-order valence-corrected chi connectivity index (χ1v) is 8.13. The average Bonchev–Trinajstić information content (AvgIpc) is 3.47. The van der Waals surface area contributed by atoms with Crippen molar-refractivity contribution in [2.75, 3.05) is 13.7 Å². The molecule has 0 spiro atoms. The molecule has 7 heteroatoms. The summed E-state index contributed by atoms with van der Waals surface area (Å²) < 4.78 is 6.00. The molecule has 0 atom stereocenters. The van der Waals surface area contributed by atoms with Crippen LogP contribution in [0.25, 0.3) is 0 Å². The number of esters is 1. The third kappa shape index (κ3) is 4.12. The van der Waals surface area contributed by atoms with Gasteiger partial charge in [-0.15, -0.1) is 0 Å². The molecule has 1 aromatic heterocycles. The van der Waals surface area contributed by atoms with Crippen LogP contribution in [0, 0.1) is 0 Å². The van der Waals surface area contributed by atoms with Gasteiger partial charge < -0.3 is 10.1 Å². The van der Waals surface area contributed by atoms with Gasteiger partial charge in [0, 0.05) is 24.1 Å². The molecule has 1 N–H and O–H groups in total. The van der Waals surface area contributed by atoms with Gasteiger partial charge in [0.2, 0.25) is 0 Å². The number of hydrogen-bond donors (Lipinski definition) is 1. The minimum atomic E-state index is -0.451.